The van der Waals surface area contributed by atoms with Gasteiger partial charge in [-0.25, -0.2) is 4.98 Å². The molecule has 170 valence electrons. The van der Waals surface area contributed by atoms with Gasteiger partial charge in [0.2, 0.25) is 5.91 Å². The van der Waals surface area contributed by atoms with Crippen LogP contribution in [0.3, 0.4) is 0 Å². The number of benzene rings is 1. The number of amides is 2. The third-order valence-electron chi connectivity index (χ3n) is 6.18. The zero-order chi connectivity index (χ0) is 23.3. The lowest BCUT2D eigenvalue weighted by Crippen LogP contribution is -2.52. The van der Waals surface area contributed by atoms with Crippen molar-refractivity contribution in [1.29, 1.82) is 0 Å². The Balaban J connectivity index is 1.51. The minimum absolute atomic E-state index is 0.0560. The second kappa shape index (κ2) is 9.90. The van der Waals surface area contributed by atoms with E-state index in [-0.39, 0.29) is 17.9 Å². The Morgan fingerprint density at radius 1 is 0.970 bits per heavy atom. The molecule has 3 heterocycles. The number of carbonyl (C=O) groups is 2. The van der Waals surface area contributed by atoms with Crippen molar-refractivity contribution in [3.63, 3.8) is 0 Å². The molecular formula is C26H29N5O2. The van der Waals surface area contributed by atoms with E-state index in [2.05, 4.69) is 44.5 Å². The molecule has 1 N–H and O–H groups in total. The summed E-state index contributed by atoms with van der Waals surface area (Å²) in [6.45, 7) is 4.96. The van der Waals surface area contributed by atoms with Gasteiger partial charge in [-0.2, -0.15) is 0 Å². The lowest BCUT2D eigenvalue weighted by Gasteiger charge is -2.41. The molecule has 1 aliphatic rings. The number of nitrogens with zero attached hydrogens (tertiary/aromatic N) is 4. The van der Waals surface area contributed by atoms with Crippen molar-refractivity contribution in [2.24, 2.45) is 5.41 Å². The molecule has 1 fully saturated rings. The van der Waals surface area contributed by atoms with Gasteiger partial charge in [0, 0.05) is 43.9 Å². The number of pyridine rings is 1. The van der Waals surface area contributed by atoms with Gasteiger partial charge in [0.25, 0.3) is 5.91 Å². The number of hydrogen-bond donors (Lipinski definition) is 1. The second-order valence-corrected chi connectivity index (χ2v) is 8.91. The highest BCUT2D eigenvalue weighted by Gasteiger charge is 2.42. The Bertz CT molecular complexity index is 1080. The maximum Gasteiger partial charge on any atom is 0.274 e. The lowest BCUT2D eigenvalue weighted by molar-refractivity contribution is -0.134. The summed E-state index contributed by atoms with van der Waals surface area (Å²) in [5.41, 5.74) is 3.04. The molecule has 3 aromatic rings. The third kappa shape index (κ3) is 5.25. The van der Waals surface area contributed by atoms with Crippen molar-refractivity contribution in [2.75, 3.05) is 13.1 Å². The molecule has 7 heteroatoms. The number of aromatic nitrogens is 3. The minimum atomic E-state index is -0.556. The standard InChI is InChI=1S/C26H29N5O2/c1-19(2)30-25(33)26(9-14-31(15-10-26)24(32)23-18-28-12-13-29-23)16-20-5-7-21(8-6-20)22-4-3-11-27-17-22/h3-8,11-13,17-19H,9-10,14-16H2,1-2H3,(H,30,33). The van der Waals surface area contributed by atoms with Crippen molar-refractivity contribution in [3.05, 3.63) is 78.6 Å². The average molecular weight is 444 g/mol. The van der Waals surface area contributed by atoms with E-state index < -0.39 is 5.41 Å². The van der Waals surface area contributed by atoms with Crippen molar-refractivity contribution in [1.82, 2.24) is 25.2 Å². The number of rotatable bonds is 6. The quantitative estimate of drug-likeness (QED) is 0.630. The average Bonchev–Trinajstić information content (AvgIpc) is 2.85. The monoisotopic (exact) mass is 443 g/mol. The topological polar surface area (TPSA) is 88.1 Å². The summed E-state index contributed by atoms with van der Waals surface area (Å²) in [6, 6.07) is 12.3. The molecule has 7 nitrogen and oxygen atoms in total. The molecule has 0 bridgehead atoms. The summed E-state index contributed by atoms with van der Waals surface area (Å²) in [7, 11) is 0. The molecule has 2 aromatic heterocycles. The summed E-state index contributed by atoms with van der Waals surface area (Å²) < 4.78 is 0. The van der Waals surface area contributed by atoms with Gasteiger partial charge in [0.05, 0.1) is 11.6 Å². The van der Waals surface area contributed by atoms with Crippen molar-refractivity contribution in [2.45, 2.75) is 39.2 Å². The molecule has 0 spiro atoms. The van der Waals surface area contributed by atoms with Gasteiger partial charge in [-0.3, -0.25) is 19.6 Å². The van der Waals surface area contributed by atoms with Gasteiger partial charge < -0.3 is 10.2 Å². The summed E-state index contributed by atoms with van der Waals surface area (Å²) in [4.78, 5) is 40.2. The molecule has 0 unspecified atom stereocenters. The molecule has 1 aromatic carbocycles. The summed E-state index contributed by atoms with van der Waals surface area (Å²) >= 11 is 0. The van der Waals surface area contributed by atoms with E-state index >= 15 is 0 Å². The van der Waals surface area contributed by atoms with Crippen LogP contribution in [-0.2, 0) is 11.2 Å². The number of piperidine rings is 1. The maximum atomic E-state index is 13.3. The van der Waals surface area contributed by atoms with Crippen LogP contribution in [0, 0.1) is 5.41 Å². The largest absolute Gasteiger partial charge is 0.353 e. The third-order valence-corrected chi connectivity index (χ3v) is 6.18. The van der Waals surface area contributed by atoms with E-state index in [4.69, 9.17) is 0 Å². The molecule has 4 rings (SSSR count). The van der Waals surface area contributed by atoms with Crippen LogP contribution in [0.4, 0.5) is 0 Å². The van der Waals surface area contributed by atoms with Crippen molar-refractivity contribution < 1.29 is 9.59 Å². The molecule has 0 saturated carbocycles. The Labute approximate surface area is 194 Å². The normalized spacial score (nSPS) is 15.3. The molecular weight excluding hydrogens is 414 g/mol. The van der Waals surface area contributed by atoms with Gasteiger partial charge in [0.1, 0.15) is 5.69 Å². The Morgan fingerprint density at radius 2 is 1.70 bits per heavy atom. The van der Waals surface area contributed by atoms with Crippen LogP contribution in [-0.4, -0.2) is 50.8 Å². The van der Waals surface area contributed by atoms with Crippen molar-refractivity contribution in [3.8, 4) is 11.1 Å². The number of likely N-dealkylation sites (tertiary alicyclic amines) is 1. The van der Waals surface area contributed by atoms with E-state index in [9.17, 15) is 9.59 Å². The number of hydrogen-bond acceptors (Lipinski definition) is 5. The van der Waals surface area contributed by atoms with Crippen LogP contribution in [0.15, 0.2) is 67.4 Å². The van der Waals surface area contributed by atoms with Crippen molar-refractivity contribution >= 4 is 11.8 Å². The highest BCUT2D eigenvalue weighted by atomic mass is 16.2. The van der Waals surface area contributed by atoms with Gasteiger partial charge >= 0.3 is 0 Å². The summed E-state index contributed by atoms with van der Waals surface area (Å²) in [5, 5.41) is 3.11. The fourth-order valence-corrected chi connectivity index (χ4v) is 4.35. The van der Waals surface area contributed by atoms with Crippen LogP contribution in [0.1, 0.15) is 42.7 Å². The number of nitrogens with one attached hydrogen (secondary N) is 1. The van der Waals surface area contributed by atoms with Crippen LogP contribution < -0.4 is 5.32 Å². The highest BCUT2D eigenvalue weighted by molar-refractivity contribution is 5.92. The second-order valence-electron chi connectivity index (χ2n) is 8.91. The smallest absolute Gasteiger partial charge is 0.274 e. The first kappa shape index (κ1) is 22.6. The fourth-order valence-electron chi connectivity index (χ4n) is 4.35. The Hall–Kier alpha value is -3.61. The van der Waals surface area contributed by atoms with E-state index in [0.29, 0.717) is 38.0 Å². The van der Waals surface area contributed by atoms with Gasteiger partial charge in [-0.1, -0.05) is 30.3 Å². The Morgan fingerprint density at radius 3 is 2.30 bits per heavy atom. The molecule has 2 amide bonds. The summed E-state index contributed by atoms with van der Waals surface area (Å²) in [5.74, 6) is -0.0813. The number of carbonyl (C=O) groups excluding carboxylic acids is 2. The van der Waals surface area contributed by atoms with Crippen LogP contribution in [0.5, 0.6) is 0 Å². The maximum absolute atomic E-state index is 13.3. The molecule has 0 aliphatic carbocycles. The van der Waals surface area contributed by atoms with Gasteiger partial charge in [0.15, 0.2) is 0 Å². The minimum Gasteiger partial charge on any atom is -0.353 e. The van der Waals surface area contributed by atoms with Crippen LogP contribution in [0.2, 0.25) is 0 Å². The van der Waals surface area contributed by atoms with Crippen LogP contribution >= 0.6 is 0 Å². The highest BCUT2D eigenvalue weighted by Crippen LogP contribution is 2.36. The molecule has 1 aliphatic heterocycles. The lowest BCUT2D eigenvalue weighted by atomic mass is 9.72. The zero-order valence-corrected chi connectivity index (χ0v) is 19.1. The SMILES string of the molecule is CC(C)NC(=O)C1(Cc2ccc(-c3cccnc3)cc2)CCN(C(=O)c2cnccn2)CC1. The predicted octanol–water partition coefficient (Wildman–Crippen LogP) is 3.53. The van der Waals surface area contributed by atoms with Gasteiger partial charge in [-0.15, -0.1) is 0 Å². The van der Waals surface area contributed by atoms with Crippen LogP contribution in [0.25, 0.3) is 11.1 Å². The molecule has 0 atom stereocenters. The molecule has 33 heavy (non-hydrogen) atoms. The van der Waals surface area contributed by atoms with E-state index in [1.807, 2.05) is 32.2 Å². The Kier molecular flexibility index (Phi) is 6.77. The van der Waals surface area contributed by atoms with Gasteiger partial charge in [-0.05, 0) is 55.9 Å². The first-order valence-electron chi connectivity index (χ1n) is 11.3. The first-order valence-corrected chi connectivity index (χ1v) is 11.3. The molecule has 0 radical (unpaired) electrons. The zero-order valence-electron chi connectivity index (χ0n) is 19.1. The molecule has 1 saturated heterocycles. The van der Waals surface area contributed by atoms with E-state index in [1.54, 1.807) is 17.3 Å². The summed E-state index contributed by atoms with van der Waals surface area (Å²) in [6.07, 6.45) is 9.99. The van der Waals surface area contributed by atoms with E-state index in [0.717, 1.165) is 16.7 Å². The predicted molar refractivity (Wildman–Crippen MR) is 126 cm³/mol. The van der Waals surface area contributed by atoms with E-state index in [1.165, 1.54) is 12.4 Å². The fraction of sp³-hybridized carbons (Fsp3) is 0.346. The first-order chi connectivity index (χ1) is 16.0.